The first-order valence-electron chi connectivity index (χ1n) is 9.51. The van der Waals surface area contributed by atoms with Crippen molar-refractivity contribution in [3.63, 3.8) is 0 Å². The number of hydrogen-bond acceptors (Lipinski definition) is 3. The summed E-state index contributed by atoms with van der Waals surface area (Å²) in [5.74, 6) is -1.90. The van der Waals surface area contributed by atoms with E-state index >= 15 is 0 Å². The largest absolute Gasteiger partial charge is 0.337 e. The third-order valence-corrected chi connectivity index (χ3v) is 4.99. The predicted molar refractivity (Wildman–Crippen MR) is 110 cm³/mol. The molecule has 4 rings (SSSR count). The lowest BCUT2D eigenvalue weighted by Gasteiger charge is -2.15. The molecular formula is C22H20F2N4O2. The molecule has 0 aliphatic rings. The van der Waals surface area contributed by atoms with E-state index in [9.17, 15) is 18.4 Å². The minimum atomic E-state index is -0.965. The van der Waals surface area contributed by atoms with Gasteiger partial charge in [0.2, 0.25) is 0 Å². The van der Waals surface area contributed by atoms with E-state index in [1.54, 1.807) is 30.5 Å². The topological polar surface area (TPSA) is 61.8 Å². The second-order valence-electron chi connectivity index (χ2n) is 7.52. The van der Waals surface area contributed by atoms with Crippen LogP contribution in [0.25, 0.3) is 16.9 Å². The minimum absolute atomic E-state index is 0.104. The molecule has 0 aliphatic heterocycles. The number of hydrogen-bond donors (Lipinski definition) is 0. The van der Waals surface area contributed by atoms with Crippen LogP contribution in [0.4, 0.5) is 8.78 Å². The zero-order chi connectivity index (χ0) is 21.6. The fourth-order valence-electron chi connectivity index (χ4n) is 3.49. The highest BCUT2D eigenvalue weighted by Crippen LogP contribution is 2.17. The van der Waals surface area contributed by atoms with Crippen LogP contribution in [-0.4, -0.2) is 18.7 Å². The van der Waals surface area contributed by atoms with Crippen LogP contribution in [0.2, 0.25) is 0 Å². The second-order valence-corrected chi connectivity index (χ2v) is 7.52. The van der Waals surface area contributed by atoms with Crippen LogP contribution in [0.15, 0.2) is 58.4 Å². The lowest BCUT2D eigenvalue weighted by Crippen LogP contribution is -2.41. The van der Waals surface area contributed by atoms with E-state index in [1.807, 2.05) is 19.1 Å². The highest BCUT2D eigenvalue weighted by atomic mass is 19.2. The second kappa shape index (κ2) is 7.37. The van der Waals surface area contributed by atoms with Gasteiger partial charge >= 0.3 is 5.69 Å². The molecule has 30 heavy (non-hydrogen) atoms. The zero-order valence-corrected chi connectivity index (χ0v) is 16.8. The number of fused-ring (bicyclic) bond motifs is 1. The van der Waals surface area contributed by atoms with Gasteiger partial charge in [0, 0.05) is 12.6 Å². The van der Waals surface area contributed by atoms with E-state index in [-0.39, 0.29) is 23.8 Å². The number of imidazole rings is 1. The fraction of sp³-hybridized carbons (Fsp3) is 0.227. The average molecular weight is 410 g/mol. The third kappa shape index (κ3) is 3.24. The van der Waals surface area contributed by atoms with E-state index in [4.69, 9.17) is 0 Å². The van der Waals surface area contributed by atoms with E-state index in [2.05, 4.69) is 4.98 Å². The van der Waals surface area contributed by atoms with Crippen LogP contribution in [0.5, 0.6) is 0 Å². The van der Waals surface area contributed by atoms with E-state index < -0.39 is 22.9 Å². The predicted octanol–water partition coefficient (Wildman–Crippen LogP) is 3.56. The number of halogens is 2. The maximum atomic E-state index is 13.6. The summed E-state index contributed by atoms with van der Waals surface area (Å²) in [6, 6.07) is 10.5. The summed E-state index contributed by atoms with van der Waals surface area (Å²) in [7, 11) is 0. The van der Waals surface area contributed by atoms with Crippen molar-refractivity contribution in [2.24, 2.45) is 0 Å². The van der Waals surface area contributed by atoms with Gasteiger partial charge in [-0.05, 0) is 50.6 Å². The molecule has 0 fully saturated rings. The fourth-order valence-corrected chi connectivity index (χ4v) is 3.49. The zero-order valence-electron chi connectivity index (χ0n) is 16.8. The molecule has 0 bridgehead atoms. The number of rotatable bonds is 4. The molecule has 0 atom stereocenters. The van der Waals surface area contributed by atoms with Crippen LogP contribution in [0.1, 0.15) is 31.0 Å². The molecule has 0 spiro atoms. The first-order chi connectivity index (χ1) is 14.3. The molecule has 0 unspecified atom stereocenters. The number of aromatic nitrogens is 4. The quantitative estimate of drug-likeness (QED) is 0.517. The van der Waals surface area contributed by atoms with Gasteiger partial charge in [0.1, 0.15) is 0 Å². The van der Waals surface area contributed by atoms with Gasteiger partial charge in [0.15, 0.2) is 22.8 Å². The van der Waals surface area contributed by atoms with E-state index in [0.717, 1.165) is 17.7 Å². The number of nitrogens with zero attached hydrogens (tertiary/aromatic N) is 4. The molecule has 6 nitrogen and oxygen atoms in total. The van der Waals surface area contributed by atoms with Crippen molar-refractivity contribution in [2.45, 2.75) is 33.4 Å². The first kappa shape index (κ1) is 19.8. The Balaban J connectivity index is 1.99. The highest BCUT2D eigenvalue weighted by molar-refractivity contribution is 5.72. The van der Waals surface area contributed by atoms with Crippen LogP contribution in [0, 0.1) is 18.6 Å². The van der Waals surface area contributed by atoms with Gasteiger partial charge in [0.05, 0.1) is 12.0 Å². The summed E-state index contributed by atoms with van der Waals surface area (Å²) >= 11 is 0. The molecule has 0 radical (unpaired) electrons. The van der Waals surface area contributed by atoms with Crippen LogP contribution in [0.3, 0.4) is 0 Å². The Morgan fingerprint density at radius 1 is 1.00 bits per heavy atom. The van der Waals surface area contributed by atoms with Crippen molar-refractivity contribution in [2.75, 3.05) is 0 Å². The minimum Gasteiger partial charge on any atom is -0.320 e. The van der Waals surface area contributed by atoms with Crippen molar-refractivity contribution < 1.29 is 8.78 Å². The summed E-state index contributed by atoms with van der Waals surface area (Å²) < 4.78 is 31.0. The summed E-state index contributed by atoms with van der Waals surface area (Å²) in [6.45, 7) is 5.55. The van der Waals surface area contributed by atoms with Crippen LogP contribution in [-0.2, 0) is 6.54 Å². The van der Waals surface area contributed by atoms with Gasteiger partial charge in [0.25, 0.3) is 5.56 Å². The van der Waals surface area contributed by atoms with Gasteiger partial charge < -0.3 is 4.57 Å². The Kier molecular flexibility index (Phi) is 4.85. The summed E-state index contributed by atoms with van der Waals surface area (Å²) in [5.41, 5.74) is 1.56. The Morgan fingerprint density at radius 3 is 2.33 bits per heavy atom. The molecule has 2 heterocycles. The monoisotopic (exact) mass is 410 g/mol. The maximum Gasteiger partial charge on any atom is 0.337 e. The molecular weight excluding hydrogens is 390 g/mol. The molecule has 0 saturated carbocycles. The van der Waals surface area contributed by atoms with Crippen molar-refractivity contribution in [3.8, 4) is 5.69 Å². The van der Waals surface area contributed by atoms with Crippen LogP contribution < -0.4 is 11.2 Å². The van der Waals surface area contributed by atoms with E-state index in [0.29, 0.717) is 11.3 Å². The molecule has 0 amide bonds. The van der Waals surface area contributed by atoms with Crippen molar-refractivity contribution in [1.82, 2.24) is 18.7 Å². The smallest absolute Gasteiger partial charge is 0.320 e. The normalized spacial score (nSPS) is 11.5. The molecule has 0 aliphatic carbocycles. The van der Waals surface area contributed by atoms with Gasteiger partial charge in [-0.1, -0.05) is 23.8 Å². The Labute approximate surface area is 170 Å². The molecule has 2 aromatic heterocycles. The van der Waals surface area contributed by atoms with Crippen molar-refractivity contribution in [1.29, 1.82) is 0 Å². The molecule has 154 valence electrons. The van der Waals surface area contributed by atoms with Gasteiger partial charge in [-0.3, -0.25) is 9.36 Å². The Morgan fingerprint density at radius 2 is 1.70 bits per heavy atom. The lowest BCUT2D eigenvalue weighted by atomic mass is 10.2. The summed E-state index contributed by atoms with van der Waals surface area (Å²) in [6.07, 6.45) is 1.43. The van der Waals surface area contributed by atoms with E-state index in [1.165, 1.54) is 21.5 Å². The third-order valence-electron chi connectivity index (χ3n) is 4.99. The summed E-state index contributed by atoms with van der Waals surface area (Å²) in [4.78, 5) is 30.7. The Hall–Kier alpha value is -3.55. The Bertz CT molecular complexity index is 1370. The van der Waals surface area contributed by atoms with Crippen molar-refractivity contribution in [3.05, 3.63) is 92.4 Å². The van der Waals surface area contributed by atoms with Crippen LogP contribution >= 0.6 is 0 Å². The SMILES string of the molecule is Cc1ccc(-n2c(=O)n(C(C)C)c(=O)c3c2ncn3Cc2ccc(F)c(F)c2)cc1. The first-order valence-corrected chi connectivity index (χ1v) is 9.51. The summed E-state index contributed by atoms with van der Waals surface area (Å²) in [5, 5.41) is 0. The average Bonchev–Trinajstić information content (AvgIpc) is 3.09. The molecule has 0 saturated heterocycles. The van der Waals surface area contributed by atoms with Gasteiger partial charge in [-0.25, -0.2) is 23.1 Å². The molecule has 2 aromatic carbocycles. The van der Waals surface area contributed by atoms with Crippen molar-refractivity contribution >= 4 is 11.2 Å². The van der Waals surface area contributed by atoms with Gasteiger partial charge in [-0.2, -0.15) is 0 Å². The standard InChI is InChI=1S/C22H20F2N4O2/c1-13(2)27-21(29)19-20(28(22(27)30)16-7-4-14(3)5-8-16)25-12-26(19)11-15-6-9-17(23)18(24)10-15/h4-10,12-13H,11H2,1-3H3. The molecule has 0 N–H and O–H groups in total. The number of benzene rings is 2. The molecule has 8 heteroatoms. The lowest BCUT2D eigenvalue weighted by molar-refractivity contribution is 0.506. The molecule has 4 aromatic rings. The maximum absolute atomic E-state index is 13.6. The highest BCUT2D eigenvalue weighted by Gasteiger charge is 2.20. The van der Waals surface area contributed by atoms with Gasteiger partial charge in [-0.15, -0.1) is 0 Å². The number of aryl methyl sites for hydroxylation is 1.